The first-order chi connectivity index (χ1) is 9.15. The van der Waals surface area contributed by atoms with Crippen LogP contribution in [-0.4, -0.2) is 10.9 Å². The van der Waals surface area contributed by atoms with E-state index in [2.05, 4.69) is 10.3 Å². The van der Waals surface area contributed by atoms with E-state index in [9.17, 15) is 4.79 Å². The second-order valence-corrected chi connectivity index (χ2v) is 5.06. The fourth-order valence-electron chi connectivity index (χ4n) is 1.79. The Morgan fingerprint density at radius 2 is 2.26 bits per heavy atom. The lowest BCUT2D eigenvalue weighted by molar-refractivity contribution is 0.102. The minimum atomic E-state index is -0.283. The van der Waals surface area contributed by atoms with Crippen molar-refractivity contribution in [3.05, 3.63) is 41.1 Å². The summed E-state index contributed by atoms with van der Waals surface area (Å²) in [5, 5.41) is 3.48. The number of carbonyl (C=O) groups excluding carboxylic acids is 1. The Hall–Kier alpha value is -2.34. The van der Waals surface area contributed by atoms with E-state index in [4.69, 9.17) is 10.2 Å². The number of aromatic nitrogens is 1. The molecule has 0 saturated heterocycles. The fourth-order valence-corrected chi connectivity index (χ4v) is 2.75. The monoisotopic (exact) mass is 273 g/mol. The molecule has 0 fully saturated rings. The molecule has 0 atom stereocenters. The number of aryl methyl sites for hydroxylation is 1. The first kappa shape index (κ1) is 11.7. The van der Waals surface area contributed by atoms with Gasteiger partial charge in [-0.05, 0) is 25.1 Å². The molecule has 3 rings (SSSR count). The van der Waals surface area contributed by atoms with Crippen LogP contribution in [0.2, 0.25) is 0 Å². The average molecular weight is 273 g/mol. The van der Waals surface area contributed by atoms with Crippen molar-refractivity contribution in [1.29, 1.82) is 0 Å². The first-order valence-electron chi connectivity index (χ1n) is 5.66. The predicted molar refractivity (Wildman–Crippen MR) is 75.4 cm³/mol. The van der Waals surface area contributed by atoms with Crippen LogP contribution in [-0.2, 0) is 0 Å². The van der Waals surface area contributed by atoms with Gasteiger partial charge < -0.3 is 10.2 Å². The molecule has 6 heteroatoms. The third kappa shape index (κ3) is 2.06. The minimum Gasteiger partial charge on any atom is -0.446 e. The van der Waals surface area contributed by atoms with Crippen LogP contribution < -0.4 is 11.1 Å². The zero-order valence-electron chi connectivity index (χ0n) is 10.1. The molecule has 3 N–H and O–H groups in total. The third-order valence-corrected chi connectivity index (χ3v) is 3.82. The Labute approximate surface area is 113 Å². The van der Waals surface area contributed by atoms with Gasteiger partial charge in [-0.1, -0.05) is 0 Å². The lowest BCUT2D eigenvalue weighted by atomic mass is 10.2. The van der Waals surface area contributed by atoms with Crippen LogP contribution in [0.5, 0.6) is 0 Å². The Balaban J connectivity index is 1.95. The van der Waals surface area contributed by atoms with Gasteiger partial charge in [-0.25, -0.2) is 4.98 Å². The Kier molecular flexibility index (Phi) is 2.72. The number of nitrogens with two attached hydrogens (primary N) is 1. The molecule has 3 aromatic rings. The fraction of sp³-hybridized carbons (Fsp3) is 0.0769. The van der Waals surface area contributed by atoms with Crippen molar-refractivity contribution in [2.24, 2.45) is 0 Å². The molecule has 0 spiro atoms. The molecule has 3 heterocycles. The molecule has 5 nitrogen and oxygen atoms in total. The van der Waals surface area contributed by atoms with Crippen molar-refractivity contribution in [3.8, 4) is 0 Å². The number of nitrogens with zero attached hydrogens (tertiary/aromatic N) is 1. The zero-order valence-corrected chi connectivity index (χ0v) is 11.0. The topological polar surface area (TPSA) is 81.2 Å². The lowest BCUT2D eigenvalue weighted by Crippen LogP contribution is -2.11. The number of carbonyl (C=O) groups is 1. The lowest BCUT2D eigenvalue weighted by Gasteiger charge is -2.00. The van der Waals surface area contributed by atoms with Gasteiger partial charge in [0.15, 0.2) is 5.88 Å². The molecule has 3 aromatic heterocycles. The van der Waals surface area contributed by atoms with Gasteiger partial charge in [0, 0.05) is 17.6 Å². The smallest absolute Gasteiger partial charge is 0.270 e. The first-order valence-corrected chi connectivity index (χ1v) is 6.47. The molecular formula is C13H11N3O2S. The van der Waals surface area contributed by atoms with Crippen molar-refractivity contribution in [1.82, 2.24) is 4.98 Å². The number of furan rings is 1. The zero-order chi connectivity index (χ0) is 13.4. The molecule has 96 valence electrons. The van der Waals surface area contributed by atoms with Crippen LogP contribution in [0, 0.1) is 6.92 Å². The highest BCUT2D eigenvalue weighted by molar-refractivity contribution is 7.21. The van der Waals surface area contributed by atoms with E-state index in [1.165, 1.54) is 11.3 Å². The van der Waals surface area contributed by atoms with E-state index in [1.54, 1.807) is 24.4 Å². The molecule has 0 aliphatic carbocycles. The molecule has 0 radical (unpaired) electrons. The van der Waals surface area contributed by atoms with E-state index in [0.717, 1.165) is 16.0 Å². The second kappa shape index (κ2) is 4.40. The summed E-state index contributed by atoms with van der Waals surface area (Å²) in [6.07, 6.45) is 1.68. The van der Waals surface area contributed by atoms with E-state index >= 15 is 0 Å². The number of pyridine rings is 1. The van der Waals surface area contributed by atoms with Crippen molar-refractivity contribution >= 4 is 39.0 Å². The summed E-state index contributed by atoms with van der Waals surface area (Å²) in [6, 6.07) is 7.13. The van der Waals surface area contributed by atoms with Gasteiger partial charge in [0.05, 0.1) is 5.69 Å². The van der Waals surface area contributed by atoms with Crippen LogP contribution >= 0.6 is 11.3 Å². The number of nitrogens with one attached hydrogen (secondary N) is 1. The summed E-state index contributed by atoms with van der Waals surface area (Å²) in [5.74, 6) is 0.864. The summed E-state index contributed by atoms with van der Waals surface area (Å²) in [6.45, 7) is 1.81. The average Bonchev–Trinajstić information content (AvgIpc) is 2.94. The van der Waals surface area contributed by atoms with Gasteiger partial charge in [0.25, 0.3) is 5.91 Å². The van der Waals surface area contributed by atoms with Gasteiger partial charge in [-0.3, -0.25) is 10.1 Å². The predicted octanol–water partition coefficient (Wildman–Crippen LogP) is 3.03. The highest BCUT2D eigenvalue weighted by atomic mass is 32.1. The molecule has 0 aliphatic rings. The van der Waals surface area contributed by atoms with Crippen molar-refractivity contribution in [2.75, 3.05) is 11.1 Å². The number of hydrogen-bond acceptors (Lipinski definition) is 5. The Bertz CT molecular complexity index is 760. The van der Waals surface area contributed by atoms with Crippen molar-refractivity contribution in [3.63, 3.8) is 0 Å². The summed E-state index contributed by atoms with van der Waals surface area (Å²) in [4.78, 5) is 17.5. The van der Waals surface area contributed by atoms with Crippen LogP contribution in [0.15, 0.2) is 34.9 Å². The van der Waals surface area contributed by atoms with Gasteiger partial charge in [-0.2, -0.15) is 0 Å². The number of nitrogen functional groups attached to an aromatic ring is 1. The van der Waals surface area contributed by atoms with Gasteiger partial charge in [-0.15, -0.1) is 11.3 Å². The largest absolute Gasteiger partial charge is 0.446 e. The Morgan fingerprint density at radius 1 is 1.42 bits per heavy atom. The number of anilines is 2. The van der Waals surface area contributed by atoms with Gasteiger partial charge >= 0.3 is 0 Å². The van der Waals surface area contributed by atoms with Gasteiger partial charge in [0.2, 0.25) is 0 Å². The summed E-state index contributed by atoms with van der Waals surface area (Å²) in [7, 11) is 0. The maximum absolute atomic E-state index is 12.1. The standard InChI is InChI=1S/C13H11N3O2S/c1-7-4-5-9(18-7)16-12(17)11-10(14)8-3-2-6-15-13(8)19-11/h2-6H,14H2,1H3,(H,16,17). The van der Waals surface area contributed by atoms with Crippen molar-refractivity contribution < 1.29 is 9.21 Å². The normalized spacial score (nSPS) is 10.8. The van der Waals surface area contributed by atoms with Crippen LogP contribution in [0.25, 0.3) is 10.2 Å². The highest BCUT2D eigenvalue weighted by Crippen LogP contribution is 2.32. The SMILES string of the molecule is Cc1ccc(NC(=O)c2sc3ncccc3c2N)o1. The second-order valence-electron chi connectivity index (χ2n) is 4.07. The summed E-state index contributed by atoms with van der Waals surface area (Å²) >= 11 is 1.27. The number of rotatable bonds is 2. The molecule has 1 amide bonds. The number of fused-ring (bicyclic) bond motifs is 1. The molecule has 0 saturated carbocycles. The number of hydrogen-bond donors (Lipinski definition) is 2. The number of amides is 1. The molecule has 0 aromatic carbocycles. The Morgan fingerprint density at radius 3 is 2.95 bits per heavy atom. The summed E-state index contributed by atoms with van der Waals surface area (Å²) < 4.78 is 5.31. The molecule has 0 bridgehead atoms. The van der Waals surface area contributed by atoms with E-state index in [-0.39, 0.29) is 5.91 Å². The maximum atomic E-state index is 12.1. The van der Waals surface area contributed by atoms with Crippen LogP contribution in [0.4, 0.5) is 11.6 Å². The quantitative estimate of drug-likeness (QED) is 0.752. The van der Waals surface area contributed by atoms with E-state index in [0.29, 0.717) is 16.4 Å². The van der Waals surface area contributed by atoms with E-state index in [1.807, 2.05) is 13.0 Å². The summed E-state index contributed by atoms with van der Waals surface area (Å²) in [5.41, 5.74) is 6.43. The minimum absolute atomic E-state index is 0.283. The van der Waals surface area contributed by atoms with Crippen LogP contribution in [0.1, 0.15) is 15.4 Å². The van der Waals surface area contributed by atoms with Crippen molar-refractivity contribution in [2.45, 2.75) is 6.92 Å². The van der Waals surface area contributed by atoms with Crippen LogP contribution in [0.3, 0.4) is 0 Å². The van der Waals surface area contributed by atoms with E-state index < -0.39 is 0 Å². The highest BCUT2D eigenvalue weighted by Gasteiger charge is 2.17. The molecular weight excluding hydrogens is 262 g/mol. The van der Waals surface area contributed by atoms with Gasteiger partial charge in [0.1, 0.15) is 15.5 Å². The maximum Gasteiger partial charge on any atom is 0.270 e. The molecule has 19 heavy (non-hydrogen) atoms. The molecule has 0 unspecified atom stereocenters. The third-order valence-electron chi connectivity index (χ3n) is 2.69. The number of thiophene rings is 1. The molecule has 0 aliphatic heterocycles.